The third-order valence-electron chi connectivity index (χ3n) is 2.03. The van der Waals surface area contributed by atoms with Gasteiger partial charge in [0.15, 0.2) is 0 Å². The first-order valence-electron chi connectivity index (χ1n) is 4.61. The van der Waals surface area contributed by atoms with Crippen LogP contribution in [0.1, 0.15) is 18.9 Å². The number of hydrogen-bond acceptors (Lipinski definition) is 2. The Morgan fingerprint density at radius 1 is 1.36 bits per heavy atom. The minimum Gasteiger partial charge on any atom is -0.299 e. The predicted octanol–water partition coefficient (Wildman–Crippen LogP) is 2.08. The van der Waals surface area contributed by atoms with Crippen LogP contribution in [0.2, 0.25) is 0 Å². The summed E-state index contributed by atoms with van der Waals surface area (Å²) in [6.45, 7) is 3.70. The van der Waals surface area contributed by atoms with Crippen LogP contribution in [-0.4, -0.2) is 15.7 Å². The number of ketones is 1. The highest BCUT2D eigenvalue weighted by atomic mass is 32.2. The summed E-state index contributed by atoms with van der Waals surface area (Å²) in [6.07, 6.45) is 0.456. The Kier molecular flexibility index (Phi) is 4.01. The number of rotatable bonds is 4. The van der Waals surface area contributed by atoms with Crippen LogP contribution in [0.4, 0.5) is 0 Å². The lowest BCUT2D eigenvalue weighted by molar-refractivity contribution is -0.116. The van der Waals surface area contributed by atoms with Gasteiger partial charge in [-0.3, -0.25) is 9.00 Å². The zero-order valence-corrected chi connectivity index (χ0v) is 9.26. The van der Waals surface area contributed by atoms with E-state index in [1.165, 1.54) is 0 Å². The standard InChI is InChI=1S/C11H14O2S/c1-3-10(12)8-14(13)11-7-5-4-6-9(11)2/h4-7H,3,8H2,1-2H3. The smallest absolute Gasteiger partial charge is 0.145 e. The van der Waals surface area contributed by atoms with Crippen molar-refractivity contribution in [2.75, 3.05) is 5.75 Å². The second-order valence-corrected chi connectivity index (χ2v) is 4.57. The van der Waals surface area contributed by atoms with Gasteiger partial charge in [0.1, 0.15) is 5.78 Å². The van der Waals surface area contributed by atoms with Crippen LogP contribution >= 0.6 is 0 Å². The van der Waals surface area contributed by atoms with Crippen molar-refractivity contribution in [2.24, 2.45) is 0 Å². The monoisotopic (exact) mass is 210 g/mol. The molecule has 0 aliphatic heterocycles. The number of benzene rings is 1. The van der Waals surface area contributed by atoms with Gasteiger partial charge in [-0.15, -0.1) is 0 Å². The van der Waals surface area contributed by atoms with E-state index in [2.05, 4.69) is 0 Å². The molecule has 0 saturated heterocycles. The van der Waals surface area contributed by atoms with Crippen molar-refractivity contribution in [1.29, 1.82) is 0 Å². The highest BCUT2D eigenvalue weighted by Gasteiger charge is 2.09. The van der Waals surface area contributed by atoms with Crippen molar-refractivity contribution in [3.8, 4) is 0 Å². The normalized spacial score (nSPS) is 12.4. The molecule has 0 heterocycles. The summed E-state index contributed by atoms with van der Waals surface area (Å²) in [4.78, 5) is 11.9. The molecule has 0 N–H and O–H groups in total. The largest absolute Gasteiger partial charge is 0.299 e. The minimum absolute atomic E-state index is 0.0478. The van der Waals surface area contributed by atoms with Crippen LogP contribution in [0.3, 0.4) is 0 Å². The van der Waals surface area contributed by atoms with E-state index in [-0.39, 0.29) is 11.5 Å². The van der Waals surface area contributed by atoms with Gasteiger partial charge in [0, 0.05) is 11.3 Å². The van der Waals surface area contributed by atoms with Crippen LogP contribution in [0, 0.1) is 6.92 Å². The highest BCUT2D eigenvalue weighted by molar-refractivity contribution is 7.85. The molecule has 0 bridgehead atoms. The lowest BCUT2D eigenvalue weighted by Crippen LogP contribution is -2.09. The summed E-state index contributed by atoms with van der Waals surface area (Å²) < 4.78 is 11.7. The number of carbonyl (C=O) groups is 1. The fourth-order valence-electron chi connectivity index (χ4n) is 1.14. The van der Waals surface area contributed by atoms with Gasteiger partial charge in [-0.25, -0.2) is 0 Å². The molecule has 1 aromatic rings. The summed E-state index contributed by atoms with van der Waals surface area (Å²) >= 11 is 0. The summed E-state index contributed by atoms with van der Waals surface area (Å²) in [5, 5.41) is 0. The molecular formula is C11H14O2S. The van der Waals surface area contributed by atoms with Crippen molar-refractivity contribution >= 4 is 16.6 Å². The average molecular weight is 210 g/mol. The summed E-state index contributed by atoms with van der Waals surface area (Å²) in [5.41, 5.74) is 0.981. The van der Waals surface area contributed by atoms with Crippen LogP contribution in [0.5, 0.6) is 0 Å². The quantitative estimate of drug-likeness (QED) is 0.762. The minimum atomic E-state index is -1.17. The molecule has 0 saturated carbocycles. The number of carbonyl (C=O) groups excluding carboxylic acids is 1. The van der Waals surface area contributed by atoms with E-state index in [1.54, 1.807) is 6.92 Å². The van der Waals surface area contributed by atoms with Gasteiger partial charge in [0.05, 0.1) is 16.6 Å². The fraction of sp³-hybridized carbons (Fsp3) is 0.364. The first-order chi connectivity index (χ1) is 6.65. The molecule has 14 heavy (non-hydrogen) atoms. The van der Waals surface area contributed by atoms with Crippen molar-refractivity contribution in [3.63, 3.8) is 0 Å². The molecule has 1 unspecified atom stereocenters. The first-order valence-corrected chi connectivity index (χ1v) is 5.92. The third-order valence-corrected chi connectivity index (χ3v) is 3.56. The maximum Gasteiger partial charge on any atom is 0.145 e. The molecule has 1 aromatic carbocycles. The molecule has 0 fully saturated rings. The van der Waals surface area contributed by atoms with E-state index < -0.39 is 10.8 Å². The van der Waals surface area contributed by atoms with Crippen LogP contribution in [0.25, 0.3) is 0 Å². The molecule has 0 aromatic heterocycles. The van der Waals surface area contributed by atoms with Gasteiger partial charge < -0.3 is 0 Å². The second-order valence-electron chi connectivity index (χ2n) is 3.15. The van der Waals surface area contributed by atoms with Crippen LogP contribution < -0.4 is 0 Å². The number of Topliss-reactive ketones (excluding diaryl/α,β-unsaturated/α-hetero) is 1. The van der Waals surface area contributed by atoms with Crippen molar-refractivity contribution in [1.82, 2.24) is 0 Å². The van der Waals surface area contributed by atoms with Crippen molar-refractivity contribution < 1.29 is 9.00 Å². The third kappa shape index (κ3) is 2.77. The Hall–Kier alpha value is -0.960. The molecular weight excluding hydrogens is 196 g/mol. The van der Waals surface area contributed by atoms with Gasteiger partial charge in [0.2, 0.25) is 0 Å². The predicted molar refractivity (Wildman–Crippen MR) is 57.8 cm³/mol. The molecule has 2 nitrogen and oxygen atoms in total. The first kappa shape index (κ1) is 11.1. The SMILES string of the molecule is CCC(=O)CS(=O)c1ccccc1C. The molecule has 0 radical (unpaired) electrons. The van der Waals surface area contributed by atoms with Gasteiger partial charge in [0.25, 0.3) is 0 Å². The molecule has 1 atom stereocenters. The average Bonchev–Trinajstić information content (AvgIpc) is 2.18. The van der Waals surface area contributed by atoms with E-state index in [1.807, 2.05) is 31.2 Å². The lowest BCUT2D eigenvalue weighted by Gasteiger charge is -2.03. The molecule has 3 heteroatoms. The Labute approximate surface area is 86.8 Å². The van der Waals surface area contributed by atoms with Gasteiger partial charge in [-0.1, -0.05) is 25.1 Å². The topological polar surface area (TPSA) is 34.1 Å². The Morgan fingerprint density at radius 3 is 2.57 bits per heavy atom. The molecule has 76 valence electrons. The van der Waals surface area contributed by atoms with Gasteiger partial charge >= 0.3 is 0 Å². The van der Waals surface area contributed by atoms with E-state index >= 15 is 0 Å². The van der Waals surface area contributed by atoms with Crippen LogP contribution in [-0.2, 0) is 15.6 Å². The van der Waals surface area contributed by atoms with E-state index in [0.29, 0.717) is 6.42 Å². The second kappa shape index (κ2) is 5.05. The Bertz CT molecular complexity index is 358. The number of hydrogen-bond donors (Lipinski definition) is 0. The maximum atomic E-state index is 11.7. The molecule has 1 rings (SSSR count). The van der Waals surface area contributed by atoms with Gasteiger partial charge in [-0.05, 0) is 18.6 Å². The van der Waals surface area contributed by atoms with E-state index in [0.717, 1.165) is 10.5 Å². The zero-order valence-electron chi connectivity index (χ0n) is 8.45. The summed E-state index contributed by atoms with van der Waals surface area (Å²) in [6, 6.07) is 7.46. The zero-order chi connectivity index (χ0) is 10.6. The highest BCUT2D eigenvalue weighted by Crippen LogP contribution is 2.12. The fourth-order valence-corrected chi connectivity index (χ4v) is 2.45. The lowest BCUT2D eigenvalue weighted by atomic mass is 10.2. The molecule has 0 aliphatic carbocycles. The summed E-state index contributed by atoms with van der Waals surface area (Å²) in [5.74, 6) is 0.188. The van der Waals surface area contributed by atoms with Crippen molar-refractivity contribution in [2.45, 2.75) is 25.2 Å². The molecule has 0 aliphatic rings. The van der Waals surface area contributed by atoms with Gasteiger partial charge in [-0.2, -0.15) is 0 Å². The van der Waals surface area contributed by atoms with E-state index in [9.17, 15) is 9.00 Å². The Balaban J connectivity index is 2.80. The van der Waals surface area contributed by atoms with E-state index in [4.69, 9.17) is 0 Å². The molecule has 0 spiro atoms. The maximum absolute atomic E-state index is 11.7. The van der Waals surface area contributed by atoms with Crippen LogP contribution in [0.15, 0.2) is 29.2 Å². The number of aryl methyl sites for hydroxylation is 1. The Morgan fingerprint density at radius 2 is 2.00 bits per heavy atom. The molecule has 0 amide bonds. The summed E-state index contributed by atoms with van der Waals surface area (Å²) in [7, 11) is -1.17. The van der Waals surface area contributed by atoms with Crippen molar-refractivity contribution in [3.05, 3.63) is 29.8 Å².